The summed E-state index contributed by atoms with van der Waals surface area (Å²) in [6.07, 6.45) is -1.06. The Labute approximate surface area is 128 Å². The first-order chi connectivity index (χ1) is 9.81. The molecule has 1 aromatic carbocycles. The second kappa shape index (κ2) is 5.97. The van der Waals surface area contributed by atoms with Gasteiger partial charge in [-0.2, -0.15) is 0 Å². The van der Waals surface area contributed by atoms with Gasteiger partial charge in [-0.05, 0) is 35.0 Å². The van der Waals surface area contributed by atoms with Gasteiger partial charge in [0.2, 0.25) is 0 Å². The lowest BCUT2D eigenvalue weighted by Crippen LogP contribution is -2.55. The molecule has 1 N–H and O–H groups in total. The highest BCUT2D eigenvalue weighted by Gasteiger charge is 2.31. The Hall–Kier alpha value is -1.70. The number of rotatable bonds is 1. The fraction of sp³-hybridized carbons (Fsp3) is 0.385. The molecular formula is C13H13BrF2N2O3. The number of nitrogens with zero attached hydrogens (tertiary/aromatic N) is 2. The molecule has 21 heavy (non-hydrogen) atoms. The van der Waals surface area contributed by atoms with E-state index in [1.807, 2.05) is 0 Å². The first-order valence-corrected chi connectivity index (χ1v) is 7.04. The maximum absolute atomic E-state index is 13.8. The predicted octanol–water partition coefficient (Wildman–Crippen LogP) is 2.55. The molecule has 0 saturated carbocycles. The average molecular weight is 363 g/mol. The lowest BCUT2D eigenvalue weighted by atomic mass is 10.1. The Balaban J connectivity index is 2.21. The van der Waals surface area contributed by atoms with Gasteiger partial charge < -0.3 is 14.9 Å². The SMILES string of the molecule is CC1CN(C(=O)O)CCN1C(=O)c1cc(F)c(Br)cc1F. The van der Waals surface area contributed by atoms with Crippen molar-refractivity contribution >= 4 is 27.9 Å². The van der Waals surface area contributed by atoms with Crippen molar-refractivity contribution in [1.29, 1.82) is 0 Å². The molecule has 1 unspecified atom stereocenters. The second-order valence-electron chi connectivity index (χ2n) is 4.82. The normalized spacial score (nSPS) is 18.8. The van der Waals surface area contributed by atoms with Gasteiger partial charge >= 0.3 is 6.09 Å². The molecule has 0 aromatic heterocycles. The van der Waals surface area contributed by atoms with Crippen molar-refractivity contribution in [3.05, 3.63) is 33.8 Å². The smallest absolute Gasteiger partial charge is 0.407 e. The van der Waals surface area contributed by atoms with Crippen molar-refractivity contribution in [3.8, 4) is 0 Å². The van der Waals surface area contributed by atoms with Crippen molar-refractivity contribution < 1.29 is 23.5 Å². The van der Waals surface area contributed by atoms with E-state index in [4.69, 9.17) is 5.11 Å². The molecule has 0 radical (unpaired) electrons. The van der Waals surface area contributed by atoms with Crippen LogP contribution in [0.25, 0.3) is 0 Å². The summed E-state index contributed by atoms with van der Waals surface area (Å²) in [6, 6.07) is 1.34. The summed E-state index contributed by atoms with van der Waals surface area (Å²) in [7, 11) is 0. The zero-order valence-corrected chi connectivity index (χ0v) is 12.7. The highest BCUT2D eigenvalue weighted by molar-refractivity contribution is 9.10. The number of amides is 2. The lowest BCUT2D eigenvalue weighted by Gasteiger charge is -2.38. The molecule has 1 fully saturated rings. The molecule has 0 bridgehead atoms. The highest BCUT2D eigenvalue weighted by atomic mass is 79.9. The Morgan fingerprint density at radius 3 is 2.52 bits per heavy atom. The van der Waals surface area contributed by atoms with Gasteiger partial charge in [-0.25, -0.2) is 13.6 Å². The van der Waals surface area contributed by atoms with E-state index in [9.17, 15) is 18.4 Å². The van der Waals surface area contributed by atoms with Crippen molar-refractivity contribution in [3.63, 3.8) is 0 Å². The van der Waals surface area contributed by atoms with E-state index in [1.54, 1.807) is 6.92 Å². The van der Waals surface area contributed by atoms with E-state index >= 15 is 0 Å². The van der Waals surface area contributed by atoms with E-state index in [1.165, 1.54) is 9.80 Å². The van der Waals surface area contributed by atoms with Crippen LogP contribution in [0.5, 0.6) is 0 Å². The van der Waals surface area contributed by atoms with Crippen LogP contribution < -0.4 is 0 Å². The zero-order chi connectivity index (χ0) is 15.7. The second-order valence-corrected chi connectivity index (χ2v) is 5.68. The van der Waals surface area contributed by atoms with Crippen LogP contribution in [0, 0.1) is 11.6 Å². The molecule has 1 atom stereocenters. The average Bonchev–Trinajstić information content (AvgIpc) is 2.42. The molecule has 2 amide bonds. The molecule has 5 nitrogen and oxygen atoms in total. The van der Waals surface area contributed by atoms with Crippen LogP contribution in [0.15, 0.2) is 16.6 Å². The summed E-state index contributed by atoms with van der Waals surface area (Å²) in [5, 5.41) is 8.92. The highest BCUT2D eigenvalue weighted by Crippen LogP contribution is 2.22. The molecule has 2 rings (SSSR count). The maximum Gasteiger partial charge on any atom is 0.407 e. The zero-order valence-electron chi connectivity index (χ0n) is 11.1. The molecule has 0 aliphatic carbocycles. The molecule has 1 aliphatic heterocycles. The summed E-state index contributed by atoms with van der Waals surface area (Å²) in [4.78, 5) is 25.7. The van der Waals surface area contributed by atoms with Crippen molar-refractivity contribution in [1.82, 2.24) is 9.80 Å². The number of carboxylic acid groups (broad SMARTS) is 1. The fourth-order valence-electron chi connectivity index (χ4n) is 2.27. The monoisotopic (exact) mass is 362 g/mol. The molecule has 1 aliphatic rings. The van der Waals surface area contributed by atoms with Gasteiger partial charge in [0, 0.05) is 25.7 Å². The lowest BCUT2D eigenvalue weighted by molar-refractivity contribution is 0.0479. The predicted molar refractivity (Wildman–Crippen MR) is 74.2 cm³/mol. The van der Waals surface area contributed by atoms with Crippen LogP contribution in [0.1, 0.15) is 17.3 Å². The summed E-state index contributed by atoms with van der Waals surface area (Å²) in [6.45, 7) is 2.09. The van der Waals surface area contributed by atoms with Crippen LogP contribution in [-0.4, -0.2) is 52.6 Å². The van der Waals surface area contributed by atoms with E-state index in [2.05, 4.69) is 15.9 Å². The quantitative estimate of drug-likeness (QED) is 0.781. The number of carbonyl (C=O) groups is 2. The molecule has 1 saturated heterocycles. The minimum absolute atomic E-state index is 0.0553. The Kier molecular flexibility index (Phi) is 4.46. The first kappa shape index (κ1) is 15.7. The standard InChI is InChI=1S/C13H13BrF2N2O3/c1-7-6-17(13(20)21)2-3-18(7)12(19)8-4-11(16)9(14)5-10(8)15/h4-5,7H,2-3,6H2,1H3,(H,20,21). The first-order valence-electron chi connectivity index (χ1n) is 6.24. The van der Waals surface area contributed by atoms with Crippen LogP contribution in [0.2, 0.25) is 0 Å². The summed E-state index contributed by atoms with van der Waals surface area (Å²) >= 11 is 2.85. The van der Waals surface area contributed by atoms with Gasteiger partial charge in [0.05, 0.1) is 10.0 Å². The number of benzene rings is 1. The third-order valence-corrected chi connectivity index (χ3v) is 4.01. The molecule has 1 heterocycles. The number of halogens is 3. The number of carbonyl (C=O) groups excluding carboxylic acids is 1. The molecule has 0 spiro atoms. The van der Waals surface area contributed by atoms with E-state index < -0.39 is 29.7 Å². The Morgan fingerprint density at radius 2 is 1.95 bits per heavy atom. The third kappa shape index (κ3) is 3.15. The van der Waals surface area contributed by atoms with Gasteiger partial charge in [0.25, 0.3) is 5.91 Å². The minimum atomic E-state index is -1.06. The fourth-order valence-corrected chi connectivity index (χ4v) is 2.59. The molecule has 8 heteroatoms. The van der Waals surface area contributed by atoms with Gasteiger partial charge in [-0.1, -0.05) is 0 Å². The summed E-state index contributed by atoms with van der Waals surface area (Å²) in [5.74, 6) is -2.19. The largest absolute Gasteiger partial charge is 0.465 e. The van der Waals surface area contributed by atoms with Crippen molar-refractivity contribution in [2.75, 3.05) is 19.6 Å². The molecule has 1 aromatic rings. The van der Waals surface area contributed by atoms with Crippen molar-refractivity contribution in [2.24, 2.45) is 0 Å². The van der Waals surface area contributed by atoms with Gasteiger partial charge in [0.1, 0.15) is 11.6 Å². The third-order valence-electron chi connectivity index (χ3n) is 3.40. The Bertz CT molecular complexity index is 597. The topological polar surface area (TPSA) is 60.9 Å². The number of hydrogen-bond acceptors (Lipinski definition) is 2. The molecule has 114 valence electrons. The Morgan fingerprint density at radius 1 is 1.29 bits per heavy atom. The van der Waals surface area contributed by atoms with Crippen LogP contribution in [0.4, 0.5) is 13.6 Å². The van der Waals surface area contributed by atoms with Crippen LogP contribution in [0.3, 0.4) is 0 Å². The van der Waals surface area contributed by atoms with Crippen LogP contribution >= 0.6 is 15.9 Å². The van der Waals surface area contributed by atoms with Crippen LogP contribution in [-0.2, 0) is 0 Å². The van der Waals surface area contributed by atoms with E-state index in [-0.39, 0.29) is 29.7 Å². The molecular weight excluding hydrogens is 350 g/mol. The summed E-state index contributed by atoms with van der Waals surface area (Å²) in [5.41, 5.74) is -0.355. The number of hydrogen-bond donors (Lipinski definition) is 1. The van der Waals surface area contributed by atoms with Gasteiger partial charge in [0.15, 0.2) is 0 Å². The van der Waals surface area contributed by atoms with Gasteiger partial charge in [-0.15, -0.1) is 0 Å². The maximum atomic E-state index is 13.8. The van der Waals surface area contributed by atoms with Crippen molar-refractivity contribution in [2.45, 2.75) is 13.0 Å². The van der Waals surface area contributed by atoms with E-state index in [0.717, 1.165) is 12.1 Å². The van der Waals surface area contributed by atoms with Gasteiger partial charge in [-0.3, -0.25) is 4.79 Å². The van der Waals surface area contributed by atoms with E-state index in [0.29, 0.717) is 0 Å². The minimum Gasteiger partial charge on any atom is -0.465 e. The summed E-state index contributed by atoms with van der Waals surface area (Å²) < 4.78 is 27.2. The number of piperazine rings is 1.